The Morgan fingerprint density at radius 2 is 1.81 bits per heavy atom. The first-order valence-corrected chi connectivity index (χ1v) is 10.4. The highest BCUT2D eigenvalue weighted by Crippen LogP contribution is 2.40. The molecule has 0 saturated carbocycles. The van der Waals surface area contributed by atoms with Crippen molar-refractivity contribution in [3.63, 3.8) is 0 Å². The van der Waals surface area contributed by atoms with Gasteiger partial charge in [0.25, 0.3) is 11.7 Å². The number of ketones is 1. The first kappa shape index (κ1) is 21.3. The molecule has 4 rings (SSSR count). The lowest BCUT2D eigenvalue weighted by molar-refractivity contribution is -0.140. The number of ether oxygens (including phenoxy) is 1. The Kier molecular flexibility index (Phi) is 6.20. The molecule has 1 aromatic carbocycles. The summed E-state index contributed by atoms with van der Waals surface area (Å²) in [6, 6.07) is 7.77. The number of morpholine rings is 1. The third kappa shape index (κ3) is 4.40. The molecule has 3 heterocycles. The zero-order valence-electron chi connectivity index (χ0n) is 17.3. The van der Waals surface area contributed by atoms with E-state index in [9.17, 15) is 19.1 Å². The first-order valence-electron chi connectivity index (χ1n) is 10.4. The molecule has 1 atom stereocenters. The van der Waals surface area contributed by atoms with Gasteiger partial charge in [-0.25, -0.2) is 4.39 Å². The molecule has 0 aliphatic carbocycles. The highest BCUT2D eigenvalue weighted by atomic mass is 19.1. The summed E-state index contributed by atoms with van der Waals surface area (Å²) < 4.78 is 24.4. The summed E-state index contributed by atoms with van der Waals surface area (Å²) in [6.45, 7) is 5.94. The molecule has 7 nitrogen and oxygen atoms in total. The second kappa shape index (κ2) is 9.03. The summed E-state index contributed by atoms with van der Waals surface area (Å²) >= 11 is 0. The molecule has 0 unspecified atom stereocenters. The maximum atomic E-state index is 13.3. The van der Waals surface area contributed by atoms with Gasteiger partial charge in [0.05, 0.1) is 18.8 Å². The largest absolute Gasteiger partial charge is 0.507 e. The van der Waals surface area contributed by atoms with E-state index >= 15 is 0 Å². The zero-order valence-corrected chi connectivity index (χ0v) is 17.3. The number of carbonyl (C=O) groups is 2. The van der Waals surface area contributed by atoms with Gasteiger partial charge in [0.15, 0.2) is 0 Å². The van der Waals surface area contributed by atoms with Gasteiger partial charge in [0, 0.05) is 31.7 Å². The van der Waals surface area contributed by atoms with Crippen molar-refractivity contribution in [2.24, 2.45) is 0 Å². The normalized spacial score (nSPS) is 21.7. The maximum absolute atomic E-state index is 13.3. The second-order valence-electron chi connectivity index (χ2n) is 7.76. The minimum absolute atomic E-state index is 0.0441. The van der Waals surface area contributed by atoms with Crippen molar-refractivity contribution in [2.45, 2.75) is 19.4 Å². The van der Waals surface area contributed by atoms with Gasteiger partial charge in [-0.1, -0.05) is 0 Å². The number of aliphatic hydroxyl groups is 1. The van der Waals surface area contributed by atoms with Crippen LogP contribution in [-0.2, 0) is 14.3 Å². The monoisotopic (exact) mass is 428 g/mol. The van der Waals surface area contributed by atoms with Crippen molar-refractivity contribution in [1.82, 2.24) is 9.80 Å². The van der Waals surface area contributed by atoms with Crippen LogP contribution < -0.4 is 0 Å². The summed E-state index contributed by atoms with van der Waals surface area (Å²) in [5, 5.41) is 10.9. The van der Waals surface area contributed by atoms with Crippen molar-refractivity contribution in [2.75, 3.05) is 39.4 Å². The predicted molar refractivity (Wildman–Crippen MR) is 111 cm³/mol. The summed E-state index contributed by atoms with van der Waals surface area (Å²) in [5.74, 6) is -1.20. The minimum atomic E-state index is -0.830. The topological polar surface area (TPSA) is 83.2 Å². The Labute approximate surface area is 179 Å². The molecule has 2 aliphatic heterocycles. The van der Waals surface area contributed by atoms with Crippen LogP contribution in [-0.4, -0.2) is 66.0 Å². The van der Waals surface area contributed by atoms with E-state index in [1.165, 1.54) is 29.2 Å². The number of halogens is 1. The molecule has 0 spiro atoms. The number of carbonyl (C=O) groups excluding carboxylic acids is 2. The number of benzene rings is 1. The lowest BCUT2D eigenvalue weighted by Gasteiger charge is -2.28. The summed E-state index contributed by atoms with van der Waals surface area (Å²) in [7, 11) is 0. The fourth-order valence-electron chi connectivity index (χ4n) is 4.06. The Morgan fingerprint density at radius 3 is 2.45 bits per heavy atom. The molecule has 2 aliphatic rings. The van der Waals surface area contributed by atoms with Crippen LogP contribution in [0.25, 0.3) is 5.76 Å². The lowest BCUT2D eigenvalue weighted by atomic mass is 9.99. The zero-order chi connectivity index (χ0) is 22.0. The van der Waals surface area contributed by atoms with Crippen LogP contribution in [0.15, 0.2) is 46.4 Å². The Bertz CT molecular complexity index is 992. The molecule has 1 N–H and O–H groups in total. The van der Waals surface area contributed by atoms with Gasteiger partial charge in [-0.3, -0.25) is 14.5 Å². The van der Waals surface area contributed by atoms with E-state index in [0.29, 0.717) is 37.7 Å². The highest BCUT2D eigenvalue weighted by molar-refractivity contribution is 6.46. The Hall–Kier alpha value is -2.97. The van der Waals surface area contributed by atoms with Crippen molar-refractivity contribution < 1.29 is 28.2 Å². The molecule has 2 aromatic rings. The lowest BCUT2D eigenvalue weighted by Crippen LogP contribution is -2.38. The third-order valence-corrected chi connectivity index (χ3v) is 5.67. The SMILES string of the molecule is Cc1ccc([C@H]2/C(=C(\O)c3ccc(F)cc3)C(=O)C(=O)N2CCCN2CCOCC2)o1. The highest BCUT2D eigenvalue weighted by Gasteiger charge is 2.47. The number of aliphatic hydroxyl groups excluding tert-OH is 1. The summed E-state index contributed by atoms with van der Waals surface area (Å²) in [5.41, 5.74) is 0.221. The molecule has 2 fully saturated rings. The van der Waals surface area contributed by atoms with E-state index in [1.54, 1.807) is 19.1 Å². The fourth-order valence-corrected chi connectivity index (χ4v) is 4.06. The van der Waals surface area contributed by atoms with Crippen LogP contribution in [0, 0.1) is 12.7 Å². The molecule has 31 heavy (non-hydrogen) atoms. The van der Waals surface area contributed by atoms with E-state index in [4.69, 9.17) is 9.15 Å². The number of hydrogen-bond donors (Lipinski definition) is 1. The molecule has 2 saturated heterocycles. The number of amides is 1. The first-order chi connectivity index (χ1) is 15.0. The number of nitrogens with zero attached hydrogens (tertiary/aromatic N) is 2. The van der Waals surface area contributed by atoms with Gasteiger partial charge in [0.1, 0.15) is 29.1 Å². The van der Waals surface area contributed by atoms with Crippen LogP contribution in [0.1, 0.15) is 29.5 Å². The molecule has 0 radical (unpaired) electrons. The fraction of sp³-hybridized carbons (Fsp3) is 0.391. The molecule has 1 aromatic heterocycles. The van der Waals surface area contributed by atoms with E-state index in [2.05, 4.69) is 4.90 Å². The number of aryl methyl sites for hydroxylation is 1. The van der Waals surface area contributed by atoms with Crippen molar-refractivity contribution in [1.29, 1.82) is 0 Å². The summed E-state index contributed by atoms with van der Waals surface area (Å²) in [4.78, 5) is 29.5. The number of rotatable bonds is 6. The second-order valence-corrected chi connectivity index (χ2v) is 7.76. The maximum Gasteiger partial charge on any atom is 0.295 e. The van der Waals surface area contributed by atoms with Crippen LogP contribution in [0.2, 0.25) is 0 Å². The Morgan fingerprint density at radius 1 is 1.10 bits per heavy atom. The van der Waals surface area contributed by atoms with Gasteiger partial charge >= 0.3 is 0 Å². The average Bonchev–Trinajstić information content (AvgIpc) is 3.30. The van der Waals surface area contributed by atoms with Gasteiger partial charge < -0.3 is 19.2 Å². The summed E-state index contributed by atoms with van der Waals surface area (Å²) in [6.07, 6.45) is 0.666. The minimum Gasteiger partial charge on any atom is -0.507 e. The van der Waals surface area contributed by atoms with Crippen LogP contribution in [0.5, 0.6) is 0 Å². The van der Waals surface area contributed by atoms with Gasteiger partial charge in [-0.05, 0) is 49.7 Å². The van der Waals surface area contributed by atoms with Gasteiger partial charge in [0.2, 0.25) is 0 Å². The Balaban J connectivity index is 1.64. The number of Topliss-reactive ketones (excluding diaryl/α,β-unsaturated/α-hetero) is 1. The molecular formula is C23H25FN2O5. The molecule has 8 heteroatoms. The van der Waals surface area contributed by atoms with E-state index < -0.39 is 23.5 Å². The van der Waals surface area contributed by atoms with E-state index in [-0.39, 0.29) is 16.9 Å². The van der Waals surface area contributed by atoms with E-state index in [1.807, 2.05) is 0 Å². The van der Waals surface area contributed by atoms with Crippen molar-refractivity contribution >= 4 is 17.4 Å². The smallest absolute Gasteiger partial charge is 0.295 e. The van der Waals surface area contributed by atoms with E-state index in [0.717, 1.165) is 19.6 Å². The van der Waals surface area contributed by atoms with Crippen molar-refractivity contribution in [3.8, 4) is 0 Å². The average molecular weight is 428 g/mol. The number of likely N-dealkylation sites (tertiary alicyclic amines) is 1. The number of hydrogen-bond acceptors (Lipinski definition) is 6. The number of furan rings is 1. The molecule has 1 amide bonds. The van der Waals surface area contributed by atoms with Crippen LogP contribution in [0.3, 0.4) is 0 Å². The van der Waals surface area contributed by atoms with Gasteiger partial charge in [-0.2, -0.15) is 0 Å². The molecule has 164 valence electrons. The quantitative estimate of drug-likeness (QED) is 0.433. The third-order valence-electron chi connectivity index (χ3n) is 5.67. The van der Waals surface area contributed by atoms with Crippen molar-refractivity contribution in [3.05, 3.63) is 64.9 Å². The predicted octanol–water partition coefficient (Wildman–Crippen LogP) is 2.87. The molecular weight excluding hydrogens is 403 g/mol. The van der Waals surface area contributed by atoms with Crippen LogP contribution in [0.4, 0.5) is 4.39 Å². The standard InChI is InChI=1S/C23H25FN2O5/c1-15-3-8-18(31-15)20-19(21(27)16-4-6-17(24)7-5-16)22(28)23(29)26(20)10-2-9-25-11-13-30-14-12-25/h3-8,20,27H,2,9-14H2,1H3/b21-19+/t20-/m0/s1. The molecule has 0 bridgehead atoms. The van der Waals surface area contributed by atoms with Crippen LogP contribution >= 0.6 is 0 Å². The van der Waals surface area contributed by atoms with Gasteiger partial charge in [-0.15, -0.1) is 0 Å².